The van der Waals surface area contributed by atoms with Crippen LogP contribution in [0.1, 0.15) is 29.9 Å². The van der Waals surface area contributed by atoms with E-state index in [1.165, 1.54) is 6.07 Å². The molecule has 3 aromatic carbocycles. The van der Waals surface area contributed by atoms with Crippen LogP contribution in [-0.4, -0.2) is 15.5 Å². The molecule has 0 spiro atoms. The van der Waals surface area contributed by atoms with E-state index < -0.39 is 0 Å². The minimum atomic E-state index is -0.369. The van der Waals surface area contributed by atoms with E-state index in [4.69, 9.17) is 16.6 Å². The van der Waals surface area contributed by atoms with Gasteiger partial charge in [-0.25, -0.2) is 9.37 Å². The molecule has 4 nitrogen and oxygen atoms in total. The van der Waals surface area contributed by atoms with Crippen LogP contribution in [0.5, 0.6) is 0 Å². The minimum absolute atomic E-state index is 0.101. The summed E-state index contributed by atoms with van der Waals surface area (Å²) in [7, 11) is 0. The van der Waals surface area contributed by atoms with Gasteiger partial charge in [0.15, 0.2) is 0 Å². The summed E-state index contributed by atoms with van der Waals surface area (Å²) in [6, 6.07) is 21.5. The maximum Gasteiger partial charge on any atom is 0.224 e. The first-order valence-electron chi connectivity index (χ1n) is 9.74. The van der Waals surface area contributed by atoms with Crippen molar-refractivity contribution in [1.82, 2.24) is 14.9 Å². The van der Waals surface area contributed by atoms with Gasteiger partial charge in [-0.1, -0.05) is 60.1 Å². The number of aromatic nitrogens is 2. The van der Waals surface area contributed by atoms with Gasteiger partial charge >= 0.3 is 0 Å². The lowest BCUT2D eigenvalue weighted by atomic mass is 10.1. The highest BCUT2D eigenvalue weighted by Gasteiger charge is 2.20. The largest absolute Gasteiger partial charge is 0.346 e. The molecule has 1 N–H and O–H groups in total. The first-order chi connectivity index (χ1) is 14.5. The van der Waals surface area contributed by atoms with Crippen LogP contribution in [0.4, 0.5) is 4.39 Å². The fourth-order valence-corrected chi connectivity index (χ4v) is 3.79. The van der Waals surface area contributed by atoms with Crippen molar-refractivity contribution in [3.63, 3.8) is 0 Å². The second kappa shape index (κ2) is 8.67. The van der Waals surface area contributed by atoms with Gasteiger partial charge in [-0.3, -0.25) is 4.79 Å². The Balaban J connectivity index is 1.65. The minimum Gasteiger partial charge on any atom is -0.346 e. The van der Waals surface area contributed by atoms with E-state index in [0.717, 1.165) is 16.6 Å². The molecule has 0 saturated heterocycles. The summed E-state index contributed by atoms with van der Waals surface area (Å²) in [6.45, 7) is 2.10. The lowest BCUT2D eigenvalue weighted by molar-refractivity contribution is -0.121. The molecule has 152 valence electrons. The van der Waals surface area contributed by atoms with Crippen LogP contribution in [0.2, 0.25) is 5.02 Å². The number of carbonyl (C=O) groups excluding carboxylic acids is 1. The molecule has 30 heavy (non-hydrogen) atoms. The van der Waals surface area contributed by atoms with Gasteiger partial charge in [0, 0.05) is 10.6 Å². The zero-order valence-corrected chi connectivity index (χ0v) is 17.2. The zero-order valence-electron chi connectivity index (χ0n) is 16.5. The molecule has 0 fully saturated rings. The highest BCUT2D eigenvalue weighted by atomic mass is 35.5. The third kappa shape index (κ3) is 4.21. The Morgan fingerprint density at radius 3 is 2.57 bits per heavy atom. The average Bonchev–Trinajstić information content (AvgIpc) is 3.10. The summed E-state index contributed by atoms with van der Waals surface area (Å²) in [6.07, 6.45) is 0.282. The van der Waals surface area contributed by atoms with Crippen molar-refractivity contribution in [2.24, 2.45) is 0 Å². The Labute approximate surface area is 179 Å². The molecule has 1 amide bonds. The van der Waals surface area contributed by atoms with Crippen molar-refractivity contribution in [3.05, 3.63) is 101 Å². The topological polar surface area (TPSA) is 46.9 Å². The summed E-state index contributed by atoms with van der Waals surface area (Å²) < 4.78 is 16.3. The van der Waals surface area contributed by atoms with E-state index >= 15 is 0 Å². The molecule has 1 heterocycles. The van der Waals surface area contributed by atoms with Crippen LogP contribution in [0.3, 0.4) is 0 Å². The first-order valence-corrected chi connectivity index (χ1v) is 10.1. The van der Waals surface area contributed by atoms with Gasteiger partial charge in [-0.05, 0) is 36.8 Å². The maximum atomic E-state index is 14.4. The second-order valence-corrected chi connectivity index (χ2v) is 7.60. The Kier molecular flexibility index (Phi) is 5.81. The summed E-state index contributed by atoms with van der Waals surface area (Å²) in [4.78, 5) is 17.3. The van der Waals surface area contributed by atoms with E-state index in [-0.39, 0.29) is 30.7 Å². The van der Waals surface area contributed by atoms with Crippen molar-refractivity contribution in [2.75, 3.05) is 0 Å². The number of fused-ring (bicyclic) bond motifs is 1. The predicted octanol–water partition coefficient (Wildman–Crippen LogP) is 5.30. The summed E-state index contributed by atoms with van der Waals surface area (Å²) in [5, 5.41) is 3.37. The molecule has 0 saturated carbocycles. The standard InChI is InChI=1S/C24H21ClFN3O/c1-16(27-23(30)14-17-8-3-2-4-9-17)24-28-21-12-5-6-13-22(21)29(24)15-18-19(25)10-7-11-20(18)26/h2-13,16H,14-15H2,1H3,(H,27,30). The molecule has 4 aromatic rings. The number of nitrogens with one attached hydrogen (secondary N) is 1. The molecule has 0 aliphatic heterocycles. The van der Waals surface area contributed by atoms with Gasteiger partial charge in [0.2, 0.25) is 5.91 Å². The number of imidazole rings is 1. The molecule has 1 aromatic heterocycles. The van der Waals surface area contributed by atoms with Crippen LogP contribution in [0, 0.1) is 5.82 Å². The zero-order chi connectivity index (χ0) is 21.1. The molecule has 4 rings (SSSR count). The van der Waals surface area contributed by atoms with Gasteiger partial charge in [0.25, 0.3) is 0 Å². The number of para-hydroxylation sites is 2. The molecule has 1 atom stereocenters. The first kappa shape index (κ1) is 20.1. The average molecular weight is 422 g/mol. The van der Waals surface area contributed by atoms with E-state index in [0.29, 0.717) is 16.4 Å². The molecule has 1 unspecified atom stereocenters. The van der Waals surface area contributed by atoms with E-state index in [9.17, 15) is 9.18 Å². The summed E-state index contributed by atoms with van der Waals surface area (Å²) in [5.41, 5.74) is 2.97. The van der Waals surface area contributed by atoms with Gasteiger partial charge < -0.3 is 9.88 Å². The molecule has 0 aliphatic rings. The van der Waals surface area contributed by atoms with Crippen LogP contribution in [0.15, 0.2) is 72.8 Å². The number of rotatable bonds is 6. The SMILES string of the molecule is CC(NC(=O)Cc1ccccc1)c1nc2ccccc2n1Cc1c(F)cccc1Cl. The second-order valence-electron chi connectivity index (χ2n) is 7.20. The fraction of sp³-hybridized carbons (Fsp3) is 0.167. The highest BCUT2D eigenvalue weighted by Crippen LogP contribution is 2.26. The van der Waals surface area contributed by atoms with E-state index in [1.807, 2.05) is 66.1 Å². The molecule has 0 radical (unpaired) electrons. The Morgan fingerprint density at radius 2 is 1.80 bits per heavy atom. The maximum absolute atomic E-state index is 14.4. The fourth-order valence-electron chi connectivity index (χ4n) is 3.57. The van der Waals surface area contributed by atoms with Gasteiger partial charge in [-0.15, -0.1) is 0 Å². The van der Waals surface area contributed by atoms with Crippen LogP contribution >= 0.6 is 11.6 Å². The molecular formula is C24H21ClFN3O. The third-order valence-corrected chi connectivity index (χ3v) is 5.39. The number of nitrogens with zero attached hydrogens (tertiary/aromatic N) is 2. The number of carbonyl (C=O) groups is 1. The van der Waals surface area contributed by atoms with Crippen molar-refractivity contribution >= 4 is 28.5 Å². The van der Waals surface area contributed by atoms with E-state index in [2.05, 4.69) is 5.32 Å². The lowest BCUT2D eigenvalue weighted by Crippen LogP contribution is -2.30. The molecule has 0 aliphatic carbocycles. The number of halogens is 2. The molecule has 6 heteroatoms. The Morgan fingerprint density at radius 1 is 1.07 bits per heavy atom. The quantitative estimate of drug-likeness (QED) is 0.459. The van der Waals surface area contributed by atoms with Crippen LogP contribution < -0.4 is 5.32 Å². The lowest BCUT2D eigenvalue weighted by Gasteiger charge is -2.17. The predicted molar refractivity (Wildman–Crippen MR) is 117 cm³/mol. The van der Waals surface area contributed by atoms with Gasteiger partial charge in [-0.2, -0.15) is 0 Å². The normalized spacial score (nSPS) is 12.1. The van der Waals surface area contributed by atoms with Gasteiger partial charge in [0.1, 0.15) is 11.6 Å². The van der Waals surface area contributed by atoms with Crippen molar-refractivity contribution in [3.8, 4) is 0 Å². The van der Waals surface area contributed by atoms with Crippen molar-refractivity contribution < 1.29 is 9.18 Å². The highest BCUT2D eigenvalue weighted by molar-refractivity contribution is 6.31. The Hall–Kier alpha value is -3.18. The van der Waals surface area contributed by atoms with Crippen molar-refractivity contribution in [2.45, 2.75) is 25.9 Å². The smallest absolute Gasteiger partial charge is 0.224 e. The Bertz CT molecular complexity index is 1170. The third-order valence-electron chi connectivity index (χ3n) is 5.03. The number of hydrogen-bond acceptors (Lipinski definition) is 2. The summed E-state index contributed by atoms with van der Waals surface area (Å²) in [5.74, 6) is 0.181. The van der Waals surface area contributed by atoms with Crippen molar-refractivity contribution in [1.29, 1.82) is 0 Å². The monoisotopic (exact) mass is 421 g/mol. The van der Waals surface area contributed by atoms with Crippen LogP contribution in [-0.2, 0) is 17.8 Å². The van der Waals surface area contributed by atoms with E-state index in [1.54, 1.807) is 12.1 Å². The van der Waals surface area contributed by atoms with Gasteiger partial charge in [0.05, 0.1) is 30.0 Å². The number of benzene rings is 3. The summed E-state index contributed by atoms with van der Waals surface area (Å²) >= 11 is 6.26. The van der Waals surface area contributed by atoms with Crippen LogP contribution in [0.25, 0.3) is 11.0 Å². The molecular weight excluding hydrogens is 401 g/mol. The number of hydrogen-bond donors (Lipinski definition) is 1. The number of amides is 1. The molecule has 0 bridgehead atoms.